The average molecular weight is 1970 g/mol. The van der Waals surface area contributed by atoms with Crippen molar-refractivity contribution in [3.63, 3.8) is 0 Å². The van der Waals surface area contributed by atoms with Gasteiger partial charge in [0.1, 0.15) is 103 Å². The Morgan fingerprint density at radius 3 is 1.40 bits per heavy atom. The molecule has 1 aromatic rings. The minimum atomic E-state index is -1.98. The van der Waals surface area contributed by atoms with Crippen LogP contribution in [0.15, 0.2) is 12.5 Å². The van der Waals surface area contributed by atoms with Crippen molar-refractivity contribution in [1.29, 1.82) is 0 Å². The molecule has 4 rings (SSSR count). The van der Waals surface area contributed by atoms with Crippen LogP contribution < -0.4 is 131 Å². The summed E-state index contributed by atoms with van der Waals surface area (Å²) in [6.45, 7) is 8.06. The Morgan fingerprint density at radius 2 is 0.903 bits per heavy atom. The molecule has 134 heavy (non-hydrogen) atoms. The number of carbonyl (C=O) groups is 22. The van der Waals surface area contributed by atoms with Crippen LogP contribution in [0.5, 0.6) is 0 Å². The molecule has 0 spiro atoms. The summed E-state index contributed by atoms with van der Waals surface area (Å²) in [4.78, 5) is 319. The number of nitrogens with zero attached hydrogens (tertiary/aromatic N) is 2. The molecule has 35 N–H and O–H groups in total. The molecule has 0 saturated carbocycles. The average Bonchev–Trinajstić information content (AvgIpc) is 1.64. The maximum Gasteiger partial charge on any atom is 0.303 e. The molecule has 0 radical (unpaired) electrons. The van der Waals surface area contributed by atoms with Crippen LogP contribution in [0.2, 0.25) is 0 Å². The molecule has 3 fully saturated rings. The van der Waals surface area contributed by atoms with Crippen molar-refractivity contribution >= 4 is 173 Å². The third-order valence-electron chi connectivity index (χ3n) is 21.2. The number of amides is 21. The van der Waals surface area contributed by atoms with Gasteiger partial charge in [0, 0.05) is 67.1 Å². The summed E-state index contributed by atoms with van der Waals surface area (Å²) in [6, 6.07) is -30.6. The molecular weight excluding hydrogens is 1840 g/mol. The van der Waals surface area contributed by atoms with E-state index in [4.69, 9.17) is 45.9 Å². The second kappa shape index (κ2) is 59.5. The van der Waals surface area contributed by atoms with Crippen LogP contribution in [0.3, 0.4) is 0 Å². The van der Waals surface area contributed by atoms with Crippen molar-refractivity contribution in [3.8, 4) is 0 Å². The zero-order valence-electron chi connectivity index (χ0n) is 75.5. The van der Waals surface area contributed by atoms with Crippen LogP contribution >= 0.6 is 43.2 Å². The van der Waals surface area contributed by atoms with Crippen molar-refractivity contribution in [2.45, 2.75) is 285 Å². The number of nitrogens with two attached hydrogens (primary N) is 8. The van der Waals surface area contributed by atoms with Gasteiger partial charge in [-0.2, -0.15) is 0 Å². The number of imidazole rings is 1. The largest absolute Gasteiger partial charge is 0.481 e. The number of carbonyl (C=O) groups excluding carboxylic acids is 21. The lowest BCUT2D eigenvalue weighted by atomic mass is 10.0. The van der Waals surface area contributed by atoms with Gasteiger partial charge in [-0.25, -0.2) is 4.98 Å². The van der Waals surface area contributed by atoms with E-state index >= 15 is 14.4 Å². The van der Waals surface area contributed by atoms with Crippen molar-refractivity contribution in [1.82, 2.24) is 99.9 Å². The predicted molar refractivity (Wildman–Crippen MR) is 489 cm³/mol. The molecule has 55 heteroatoms. The molecule has 21 amide bonds. The SMILES string of the molecule is CC(C)C[C@@H]1NC(=O)[C@H](C)NC(=O)[C@H]([C@@H](C)O)NC(=O)[C@H](CCC(=O)O)NC(=O)[C@@H]2CCCN2C(=O)[C@H](C)NC(=O)[C@H](CCCCN)NC(=O)[C@@H]2CSSC[C@@H](C(=O)N[C@@H](CCC(N)=O)C(=O)N[C@@H](CCC(N)=O)C(=O)N[C@@H](Cc3cnc[nH]3)C(N)=O)NC(=O)[C@H](CCCCN)NC(=O)[C@H](CCCCN)NC(=O)[C@H](C)NC(=O)[C@H](CSSC[C@H](N)C(=O)N[C@@H](CC(N)=O)C(=O)N2)NC1=O. The lowest BCUT2D eigenvalue weighted by Gasteiger charge is -2.30. The Kier molecular flexibility index (Phi) is 51.1. The lowest BCUT2D eigenvalue weighted by Crippen LogP contribution is -2.61. The van der Waals surface area contributed by atoms with Gasteiger partial charge in [0.25, 0.3) is 0 Å². The molecule has 750 valence electrons. The monoisotopic (exact) mass is 1970 g/mol. The van der Waals surface area contributed by atoms with Crippen molar-refractivity contribution in [2.75, 3.05) is 49.2 Å². The van der Waals surface area contributed by atoms with Gasteiger partial charge >= 0.3 is 5.97 Å². The third kappa shape index (κ3) is 40.9. The van der Waals surface area contributed by atoms with Crippen LogP contribution in [0, 0.1) is 5.92 Å². The van der Waals surface area contributed by atoms with Gasteiger partial charge in [-0.3, -0.25) is 105 Å². The van der Waals surface area contributed by atoms with Crippen LogP contribution in [-0.4, -0.2) is 319 Å². The minimum absolute atomic E-state index is 0.0485. The number of carboxylic acid groups (broad SMARTS) is 1. The summed E-state index contributed by atoms with van der Waals surface area (Å²) in [5.41, 5.74) is 46.8. The van der Waals surface area contributed by atoms with Crippen LogP contribution in [0.25, 0.3) is 0 Å². The molecule has 0 unspecified atom stereocenters. The summed E-state index contributed by atoms with van der Waals surface area (Å²) < 4.78 is 0. The Bertz CT molecular complexity index is 4240. The summed E-state index contributed by atoms with van der Waals surface area (Å²) >= 11 is 0. The first-order valence-corrected chi connectivity index (χ1v) is 48.8. The highest BCUT2D eigenvalue weighted by Crippen LogP contribution is 2.27. The number of hydrogen-bond acceptors (Lipinski definition) is 32. The number of aromatic nitrogens is 2. The number of unbranched alkanes of at least 4 members (excludes halogenated alkanes) is 3. The van der Waals surface area contributed by atoms with Gasteiger partial charge in [0.05, 0.1) is 24.9 Å². The van der Waals surface area contributed by atoms with Gasteiger partial charge < -0.3 is 151 Å². The van der Waals surface area contributed by atoms with E-state index in [-0.39, 0.29) is 115 Å². The fraction of sp³-hybridized carbons (Fsp3) is 0.684. The molecule has 4 heterocycles. The van der Waals surface area contributed by atoms with E-state index < -0.39 is 313 Å². The van der Waals surface area contributed by atoms with Crippen LogP contribution in [-0.2, 0) is 112 Å². The summed E-state index contributed by atoms with van der Waals surface area (Å²) in [7, 11) is 3.00. The van der Waals surface area contributed by atoms with Crippen molar-refractivity contribution in [2.24, 2.45) is 51.8 Å². The van der Waals surface area contributed by atoms with E-state index in [0.717, 1.165) is 33.4 Å². The second-order valence-corrected chi connectivity index (χ2v) is 38.0. The third-order valence-corrected chi connectivity index (χ3v) is 26.0. The smallest absolute Gasteiger partial charge is 0.303 e. The van der Waals surface area contributed by atoms with Gasteiger partial charge in [0.15, 0.2) is 0 Å². The molecule has 2 bridgehead atoms. The molecule has 3 saturated heterocycles. The van der Waals surface area contributed by atoms with Crippen LogP contribution in [0.1, 0.15) is 169 Å². The predicted octanol–water partition coefficient (Wildman–Crippen LogP) is -10.6. The molecule has 1 aromatic heterocycles. The molecule has 0 aromatic carbocycles. The Morgan fingerprint density at radius 1 is 0.470 bits per heavy atom. The molecular formula is C79H131N27O24S4. The zero-order chi connectivity index (χ0) is 100. The highest BCUT2D eigenvalue weighted by atomic mass is 33.1. The molecule has 19 atom stereocenters. The Balaban J connectivity index is 2.07. The van der Waals surface area contributed by atoms with Gasteiger partial charge in [-0.15, -0.1) is 0 Å². The highest BCUT2D eigenvalue weighted by molar-refractivity contribution is 8.77. The van der Waals surface area contributed by atoms with Gasteiger partial charge in [-0.1, -0.05) is 57.0 Å². The number of aliphatic carboxylic acids is 1. The van der Waals surface area contributed by atoms with E-state index in [2.05, 4.69) is 95.0 Å². The molecule has 51 nitrogen and oxygen atoms in total. The normalized spacial score (nSPS) is 25.6. The number of primary amides is 4. The van der Waals surface area contributed by atoms with E-state index in [0.29, 0.717) is 27.3 Å². The lowest BCUT2D eigenvalue weighted by molar-refractivity contribution is -0.142. The number of fused-ring (bicyclic) bond motifs is 12. The fourth-order valence-electron chi connectivity index (χ4n) is 13.6. The maximum atomic E-state index is 15.3. The first kappa shape index (κ1) is 115. The van der Waals surface area contributed by atoms with Crippen LogP contribution in [0.4, 0.5) is 0 Å². The van der Waals surface area contributed by atoms with Gasteiger partial charge in [-0.05, 0) is 150 Å². The number of aromatic amines is 1. The fourth-order valence-corrected chi connectivity index (χ4v) is 18.2. The Hall–Kier alpha value is -11.2. The number of hydrogen-bond donors (Lipinski definition) is 27. The quantitative estimate of drug-likeness (QED) is 0.0222. The zero-order valence-corrected chi connectivity index (χ0v) is 78.8. The molecule has 0 aliphatic carbocycles. The maximum absolute atomic E-state index is 15.3. The molecule has 3 aliphatic heterocycles. The topological polar surface area (TPSA) is 849 Å². The summed E-state index contributed by atoms with van der Waals surface area (Å²) in [5, 5.41) is 60.4. The molecule has 3 aliphatic rings. The van der Waals surface area contributed by atoms with E-state index in [1.165, 1.54) is 33.3 Å². The minimum Gasteiger partial charge on any atom is -0.481 e. The number of rotatable bonds is 35. The van der Waals surface area contributed by atoms with E-state index in [1.807, 2.05) is 0 Å². The number of aliphatic hydroxyl groups is 1. The number of aliphatic hydroxyl groups excluding tert-OH is 1. The van der Waals surface area contributed by atoms with E-state index in [9.17, 15) is 101 Å². The first-order valence-electron chi connectivity index (χ1n) is 43.8. The standard InChI is InChI=1S/C79H131N27O24S4/c1-37(2)28-51-72(123)103-53-33-132-131-32-43(83)65(116)101-52(30-59(86)110)73(124)104-55(75(126)95-44(14-7-10-24-80)66(117)92-40(5)79(130)106-27-13-17-56(106)77(128)98-49(20-23-60(111)112)71(122)105-61(41(6)107)78(129)91-39(4)64(115)100-51)35-134-133-34-54(102-68(119)46(16-9-12-26-82)94-67(118)45(15-8-11-25-81)93-63(114)38(3)90-74(53)125)76(127)97-47(18-21-57(84)108)69(120)96-48(19-22-58(85)109)70(121)99-50(62(87)113)29-42-31-88-36-89-42/h31,36-41,43-56,61,107H,7-30,32-35,80-83H2,1-6H3,(H2,84,108)(H2,85,109)(H2,86,110)(H2,87,113)(H,88,89)(H,90,125)(H,91,129)(H,92,117)(H,93,114)(H,94,118)(H,95,126)(H,96,120)(H,97,127)(H,98,128)(H,99,121)(H,100,115)(H,101,116)(H,102,119)(H,103,123)(H,104,124)(H,105,122)(H,111,112)/t38-,39-,40-,41+,43-,44-,45-,46-,47-,48-,49-,50-,51-,52-,53-,54-,55-,56-,61-/m0/s1. The summed E-state index contributed by atoms with van der Waals surface area (Å²) in [5.74, 6) is -27.2. The number of nitrogens with one attached hydrogen (secondary N) is 17. The number of H-pyrrole nitrogens is 1. The second-order valence-electron chi connectivity index (χ2n) is 32.9. The Labute approximate surface area is 788 Å². The summed E-state index contributed by atoms with van der Waals surface area (Å²) in [6.07, 6.45) is -3.90. The van der Waals surface area contributed by atoms with Crippen molar-refractivity contribution in [3.05, 3.63) is 18.2 Å². The van der Waals surface area contributed by atoms with Gasteiger partial charge in [0.2, 0.25) is 124 Å². The number of carboxylic acids is 1. The van der Waals surface area contributed by atoms with Crippen molar-refractivity contribution < 1.29 is 116 Å². The highest BCUT2D eigenvalue weighted by Gasteiger charge is 2.43. The first-order chi connectivity index (χ1) is 63.3. The van der Waals surface area contributed by atoms with E-state index in [1.54, 1.807) is 13.8 Å².